The van der Waals surface area contributed by atoms with Crippen LogP contribution >= 0.6 is 0 Å². The standard InChI is InChI=1S/C104H95N9O15/c114-93(105-79(55-64-31-10-1-11-32-64)96(117)108-82(58-67-37-16-4-17-38-67)99(120)111-85(102(123)124)61-70-43-22-7-23-44-70)76-52-28-49-73-88-74-50-29-53-77(94(115)106-80(56-65-33-12-2-13-34-65)97(118)109-83(59-68-39-18-5-19-40-68)100(121)112-86(103(125)126)62-71-45-24-8-25-46-71)90(74)92(89(73)76)91-75(88)51-30-54-78(91)95(116)107-81(57-66-35-14-3-15-36-66)98(119)110-84(60-69-41-20-6-21-42-69)101(122)113-87(104(127)128)63-72-47-26-9-27-48-72/h1-54,79-88,92H,55-63H2,(H,105,114)(H,106,115)(H,107,116)(H,108,117)(H,109,118)(H,110,119)(H,111,120)(H,112,121)(H,113,122)(H,123,124)(H,125,126)(H,127,128)/t79-,80-,81?,82+,83+,84+,85-,86-,87-,88?,92?/m1/s1. The molecule has 3 aliphatic rings. The maximum atomic E-state index is 16.3. The van der Waals surface area contributed by atoms with E-state index >= 15 is 28.8 Å². The topological polar surface area (TPSA) is 374 Å². The van der Waals surface area contributed by atoms with Crippen molar-refractivity contribution in [1.29, 1.82) is 0 Å². The number of carbonyl (C=O) groups excluding carboxylic acids is 9. The van der Waals surface area contributed by atoms with Crippen LogP contribution < -0.4 is 47.9 Å². The van der Waals surface area contributed by atoms with Crippen LogP contribution in [-0.4, -0.2) is 141 Å². The van der Waals surface area contributed by atoms with E-state index < -0.39 is 137 Å². The quantitative estimate of drug-likeness (QED) is 0.0170. The number of nitrogens with one attached hydrogen (secondary N) is 9. The second-order valence-corrected chi connectivity index (χ2v) is 32.0. The minimum Gasteiger partial charge on any atom is -0.480 e. The van der Waals surface area contributed by atoms with Crippen LogP contribution in [0.25, 0.3) is 0 Å². The SMILES string of the molecule is O=C(NC(Cc1ccccc1)C(=O)N[C@@H](Cc1ccccc1)C(=O)N[C@H](Cc1ccccc1)C(=O)O)c1cccc2c1C1c3c(C(=O)N[C@H](Cc4ccccc4)C(=O)N[C@@H](Cc4ccccc4)C(=O)N[C@H](Cc4ccccc4)C(=O)O)cccc3C2c2cccc(C(=O)N[C@H](Cc3ccccc3)C(=O)N[C@@H](Cc3ccccc3)C(=O)N[C@H](Cc3ccccc3)C(=O)O)c21. The van der Waals surface area contributed by atoms with Gasteiger partial charge >= 0.3 is 17.9 Å². The molecule has 0 aromatic heterocycles. The first kappa shape index (κ1) is 88.6. The molecular formula is C104H95N9O15. The molecule has 0 saturated carbocycles. The van der Waals surface area contributed by atoms with Gasteiger partial charge in [0.05, 0.1) is 0 Å². The maximum absolute atomic E-state index is 16.3. The van der Waals surface area contributed by atoms with E-state index in [1.165, 1.54) is 0 Å². The minimum atomic E-state index is -1.48. The molecule has 12 aromatic rings. The molecule has 2 bridgehead atoms. The molecular weight excluding hydrogens is 1620 g/mol. The van der Waals surface area contributed by atoms with Crippen LogP contribution in [0.5, 0.6) is 0 Å². The van der Waals surface area contributed by atoms with Crippen LogP contribution in [0.1, 0.15) is 126 Å². The molecule has 12 N–H and O–H groups in total. The third-order valence-corrected chi connectivity index (χ3v) is 23.1. The zero-order chi connectivity index (χ0) is 89.6. The van der Waals surface area contributed by atoms with Gasteiger partial charge in [-0.3, -0.25) is 43.2 Å². The number of carboxylic acids is 3. The number of carbonyl (C=O) groups is 12. The first-order chi connectivity index (χ1) is 62.2. The number of hydrogen-bond acceptors (Lipinski definition) is 12. The molecule has 9 atom stereocenters. The smallest absolute Gasteiger partial charge is 0.326 e. The lowest BCUT2D eigenvalue weighted by Gasteiger charge is -2.44. The Balaban J connectivity index is 0.854. The molecule has 15 rings (SSSR count). The number of benzene rings is 12. The molecule has 0 fully saturated rings. The van der Waals surface area contributed by atoms with Crippen molar-refractivity contribution in [3.8, 4) is 0 Å². The number of amides is 9. The van der Waals surface area contributed by atoms with E-state index in [1.807, 2.05) is 18.2 Å². The van der Waals surface area contributed by atoms with Crippen LogP contribution in [-0.2, 0) is 101 Å². The molecule has 0 heterocycles. The highest BCUT2D eigenvalue weighted by Crippen LogP contribution is 2.58. The summed E-state index contributed by atoms with van der Waals surface area (Å²) < 4.78 is 0. The predicted molar refractivity (Wildman–Crippen MR) is 481 cm³/mol. The van der Waals surface area contributed by atoms with E-state index in [2.05, 4.69) is 47.9 Å². The molecule has 24 nitrogen and oxygen atoms in total. The molecule has 128 heavy (non-hydrogen) atoms. The summed E-state index contributed by atoms with van der Waals surface area (Å²) in [6, 6.07) is 81.2. The number of aliphatic carboxylic acids is 3. The zero-order valence-corrected chi connectivity index (χ0v) is 69.6. The molecule has 646 valence electrons. The first-order valence-electron chi connectivity index (χ1n) is 42.3. The van der Waals surface area contributed by atoms with Crippen LogP contribution in [0, 0.1) is 0 Å². The second kappa shape index (κ2) is 42.1. The van der Waals surface area contributed by atoms with E-state index in [4.69, 9.17) is 0 Å². The summed E-state index contributed by atoms with van der Waals surface area (Å²) in [4.78, 5) is 179. The van der Waals surface area contributed by atoms with Gasteiger partial charge in [0.1, 0.15) is 54.4 Å². The Morgan fingerprint density at radius 2 is 0.344 bits per heavy atom. The number of hydrogen-bond donors (Lipinski definition) is 12. The van der Waals surface area contributed by atoms with Crippen LogP contribution in [0.3, 0.4) is 0 Å². The van der Waals surface area contributed by atoms with E-state index in [-0.39, 0.29) is 91.2 Å². The predicted octanol–water partition coefficient (Wildman–Crippen LogP) is 10.3. The average molecular weight is 1710 g/mol. The Bertz CT molecular complexity index is 5410. The van der Waals surface area contributed by atoms with Crippen molar-refractivity contribution < 1.29 is 72.9 Å². The Morgan fingerprint density at radius 1 is 0.188 bits per heavy atom. The van der Waals surface area contributed by atoms with Crippen molar-refractivity contribution in [2.45, 2.75) is 124 Å². The fourth-order valence-electron chi connectivity index (χ4n) is 16.8. The molecule has 3 aliphatic carbocycles. The van der Waals surface area contributed by atoms with Crippen molar-refractivity contribution in [3.05, 3.63) is 428 Å². The van der Waals surface area contributed by atoms with Crippen molar-refractivity contribution in [2.75, 3.05) is 0 Å². The van der Waals surface area contributed by atoms with Crippen LogP contribution in [0.2, 0.25) is 0 Å². The second-order valence-electron chi connectivity index (χ2n) is 32.0. The van der Waals surface area contributed by atoms with Crippen molar-refractivity contribution >= 4 is 71.1 Å². The van der Waals surface area contributed by atoms with Crippen molar-refractivity contribution in [1.82, 2.24) is 47.9 Å². The third kappa shape index (κ3) is 22.4. The molecule has 0 radical (unpaired) electrons. The lowest BCUT2D eigenvalue weighted by Crippen LogP contribution is -2.57. The summed E-state index contributed by atoms with van der Waals surface area (Å²) in [5, 5.41) is 57.3. The fourth-order valence-corrected chi connectivity index (χ4v) is 16.8. The highest BCUT2D eigenvalue weighted by atomic mass is 16.4. The summed E-state index contributed by atoms with van der Waals surface area (Å²) in [5.41, 5.74) is 7.96. The molecule has 0 saturated heterocycles. The largest absolute Gasteiger partial charge is 0.480 e. The van der Waals surface area contributed by atoms with Gasteiger partial charge in [0.15, 0.2) is 0 Å². The number of rotatable bonds is 39. The summed E-state index contributed by atoms with van der Waals surface area (Å²) in [7, 11) is 0. The monoisotopic (exact) mass is 1710 g/mol. The van der Waals surface area contributed by atoms with Crippen LogP contribution in [0.15, 0.2) is 328 Å². The molecule has 12 aromatic carbocycles. The zero-order valence-electron chi connectivity index (χ0n) is 69.6. The van der Waals surface area contributed by atoms with Gasteiger partial charge in [-0.2, -0.15) is 0 Å². The van der Waals surface area contributed by atoms with Gasteiger partial charge in [-0.1, -0.05) is 309 Å². The normalized spacial score (nSPS) is 14.7. The molecule has 0 spiro atoms. The third-order valence-electron chi connectivity index (χ3n) is 23.1. The number of carboxylic acid groups (broad SMARTS) is 3. The highest BCUT2D eigenvalue weighted by molar-refractivity contribution is 6.06. The van der Waals surface area contributed by atoms with Gasteiger partial charge in [0, 0.05) is 86.3 Å². The van der Waals surface area contributed by atoms with Gasteiger partial charge in [0.25, 0.3) is 17.7 Å². The van der Waals surface area contributed by atoms with E-state index in [0.29, 0.717) is 66.8 Å². The van der Waals surface area contributed by atoms with Gasteiger partial charge < -0.3 is 63.2 Å². The average Bonchev–Trinajstić information content (AvgIpc) is 0.685. The van der Waals surface area contributed by atoms with Gasteiger partial charge in [-0.05, 0) is 102 Å². The summed E-state index contributed by atoms with van der Waals surface area (Å²) in [6.07, 6.45) is -1.03. The Hall–Kier alpha value is -15.7. The Labute approximate surface area is 739 Å². The molecule has 0 aliphatic heterocycles. The van der Waals surface area contributed by atoms with E-state index in [1.54, 1.807) is 309 Å². The highest BCUT2D eigenvalue weighted by Gasteiger charge is 2.48. The first-order valence-corrected chi connectivity index (χ1v) is 42.3. The molecule has 9 amide bonds. The summed E-state index contributed by atoms with van der Waals surface area (Å²) >= 11 is 0. The molecule has 1 unspecified atom stereocenters. The van der Waals surface area contributed by atoms with Gasteiger partial charge in [0.2, 0.25) is 35.4 Å². The lowest BCUT2D eigenvalue weighted by atomic mass is 9.58. The van der Waals surface area contributed by atoms with Crippen molar-refractivity contribution in [3.63, 3.8) is 0 Å². The summed E-state index contributed by atoms with van der Waals surface area (Å²) in [5.74, 6) is -13.5. The van der Waals surface area contributed by atoms with E-state index in [9.17, 15) is 44.1 Å². The van der Waals surface area contributed by atoms with E-state index in [0.717, 1.165) is 0 Å². The lowest BCUT2D eigenvalue weighted by molar-refractivity contribution is -0.142. The van der Waals surface area contributed by atoms with Crippen molar-refractivity contribution in [2.24, 2.45) is 0 Å². The summed E-state index contributed by atoms with van der Waals surface area (Å²) in [6.45, 7) is 0. The minimum absolute atomic E-state index is 0.0233. The fraction of sp³-hybridized carbons (Fsp3) is 0.192. The van der Waals surface area contributed by atoms with Gasteiger partial charge in [-0.25, -0.2) is 14.4 Å². The molecule has 24 heteroatoms. The van der Waals surface area contributed by atoms with Gasteiger partial charge in [-0.15, -0.1) is 0 Å². The Kier molecular flexibility index (Phi) is 29.1. The maximum Gasteiger partial charge on any atom is 0.326 e. The van der Waals surface area contributed by atoms with Crippen LogP contribution in [0.4, 0.5) is 0 Å². The Morgan fingerprint density at radius 3 is 0.516 bits per heavy atom.